The SMILES string of the molecule is COC(=O)COc1ccc(C=NNC(=O)C(C)C(=O)Nc2ccccc2F)cc1. The number of hydrazone groups is 1. The molecule has 0 aliphatic heterocycles. The number of carbonyl (C=O) groups excluding carboxylic acids is 3. The molecule has 29 heavy (non-hydrogen) atoms. The Hall–Kier alpha value is -3.75. The third kappa shape index (κ3) is 6.73. The summed E-state index contributed by atoms with van der Waals surface area (Å²) in [6, 6.07) is 12.2. The van der Waals surface area contributed by atoms with E-state index in [4.69, 9.17) is 4.74 Å². The van der Waals surface area contributed by atoms with E-state index in [9.17, 15) is 18.8 Å². The summed E-state index contributed by atoms with van der Waals surface area (Å²) in [5.41, 5.74) is 2.91. The molecule has 0 aliphatic rings. The number of hydrogen-bond acceptors (Lipinski definition) is 6. The van der Waals surface area contributed by atoms with Gasteiger partial charge in [-0.15, -0.1) is 0 Å². The second-order valence-corrected chi connectivity index (χ2v) is 5.86. The lowest BCUT2D eigenvalue weighted by Gasteiger charge is -2.11. The summed E-state index contributed by atoms with van der Waals surface area (Å²) in [5.74, 6) is -3.00. The smallest absolute Gasteiger partial charge is 0.343 e. The van der Waals surface area contributed by atoms with Crippen molar-refractivity contribution in [2.75, 3.05) is 19.0 Å². The standard InChI is InChI=1S/C20H20FN3O5/c1-13(19(26)23-17-6-4-3-5-16(17)21)20(27)24-22-11-14-7-9-15(10-8-14)29-12-18(25)28-2/h3-11,13H,12H2,1-2H3,(H,23,26)(H,24,27). The van der Waals surface area contributed by atoms with Crippen LogP contribution in [0.3, 0.4) is 0 Å². The number of halogens is 1. The van der Waals surface area contributed by atoms with Crippen molar-refractivity contribution in [2.24, 2.45) is 11.0 Å². The van der Waals surface area contributed by atoms with Gasteiger partial charge in [0.05, 0.1) is 19.0 Å². The first-order chi connectivity index (χ1) is 13.9. The van der Waals surface area contributed by atoms with Gasteiger partial charge in [-0.3, -0.25) is 9.59 Å². The molecule has 0 heterocycles. The first kappa shape index (κ1) is 21.5. The summed E-state index contributed by atoms with van der Waals surface area (Å²) in [6.07, 6.45) is 1.38. The monoisotopic (exact) mass is 401 g/mol. The van der Waals surface area contributed by atoms with Gasteiger partial charge in [0.15, 0.2) is 6.61 Å². The van der Waals surface area contributed by atoms with Crippen molar-refractivity contribution in [3.05, 3.63) is 59.9 Å². The number of carbonyl (C=O) groups is 3. The lowest BCUT2D eigenvalue weighted by atomic mass is 10.1. The Balaban J connectivity index is 1.84. The van der Waals surface area contributed by atoms with Crippen LogP contribution in [0.25, 0.3) is 0 Å². The molecular weight excluding hydrogens is 381 g/mol. The van der Waals surface area contributed by atoms with Gasteiger partial charge in [-0.2, -0.15) is 5.10 Å². The van der Waals surface area contributed by atoms with Crippen molar-refractivity contribution in [1.29, 1.82) is 0 Å². The van der Waals surface area contributed by atoms with Gasteiger partial charge in [0.1, 0.15) is 17.5 Å². The molecule has 0 aromatic heterocycles. The van der Waals surface area contributed by atoms with E-state index in [-0.39, 0.29) is 12.3 Å². The number of esters is 1. The summed E-state index contributed by atoms with van der Waals surface area (Å²) in [4.78, 5) is 35.1. The Morgan fingerprint density at radius 3 is 2.45 bits per heavy atom. The molecule has 0 aliphatic carbocycles. The number of ether oxygens (including phenoxy) is 2. The van der Waals surface area contributed by atoms with Crippen molar-refractivity contribution < 1.29 is 28.2 Å². The highest BCUT2D eigenvalue weighted by atomic mass is 19.1. The first-order valence-electron chi connectivity index (χ1n) is 8.58. The Bertz CT molecular complexity index is 899. The van der Waals surface area contributed by atoms with Crippen LogP contribution in [0.2, 0.25) is 0 Å². The Kier molecular flexibility index (Phi) is 7.84. The minimum atomic E-state index is -1.08. The van der Waals surface area contributed by atoms with Gasteiger partial charge in [0, 0.05) is 0 Å². The third-order valence-corrected chi connectivity index (χ3v) is 3.77. The zero-order valence-corrected chi connectivity index (χ0v) is 15.8. The molecular formula is C20H20FN3O5. The number of benzene rings is 2. The number of anilines is 1. The predicted octanol–water partition coefficient (Wildman–Crippen LogP) is 2.10. The summed E-state index contributed by atoms with van der Waals surface area (Å²) in [6.45, 7) is 1.18. The van der Waals surface area contributed by atoms with Crippen LogP contribution >= 0.6 is 0 Å². The molecule has 0 saturated heterocycles. The quantitative estimate of drug-likeness (QED) is 0.305. The molecule has 0 fully saturated rings. The highest BCUT2D eigenvalue weighted by Gasteiger charge is 2.22. The summed E-state index contributed by atoms with van der Waals surface area (Å²) in [7, 11) is 1.27. The molecule has 9 heteroatoms. The number of hydrogen-bond donors (Lipinski definition) is 2. The predicted molar refractivity (Wildman–Crippen MR) is 104 cm³/mol. The van der Waals surface area contributed by atoms with Gasteiger partial charge in [-0.25, -0.2) is 14.6 Å². The lowest BCUT2D eigenvalue weighted by molar-refractivity contribution is -0.143. The van der Waals surface area contributed by atoms with Crippen molar-refractivity contribution in [2.45, 2.75) is 6.92 Å². The normalized spacial score (nSPS) is 11.6. The summed E-state index contributed by atoms with van der Waals surface area (Å²) in [5, 5.41) is 6.15. The van der Waals surface area contributed by atoms with Crippen LogP contribution in [0.4, 0.5) is 10.1 Å². The average molecular weight is 401 g/mol. The summed E-state index contributed by atoms with van der Waals surface area (Å²) >= 11 is 0. The maximum Gasteiger partial charge on any atom is 0.343 e. The maximum atomic E-state index is 13.6. The Morgan fingerprint density at radius 2 is 1.79 bits per heavy atom. The minimum Gasteiger partial charge on any atom is -0.482 e. The van der Waals surface area contributed by atoms with E-state index in [1.54, 1.807) is 30.3 Å². The van der Waals surface area contributed by atoms with Crippen LogP contribution in [0, 0.1) is 11.7 Å². The molecule has 2 amide bonds. The number of para-hydroxylation sites is 1. The molecule has 2 aromatic carbocycles. The van der Waals surface area contributed by atoms with Crippen molar-refractivity contribution in [1.82, 2.24) is 5.43 Å². The topological polar surface area (TPSA) is 106 Å². The van der Waals surface area contributed by atoms with Crippen LogP contribution < -0.4 is 15.5 Å². The van der Waals surface area contributed by atoms with Gasteiger partial charge in [0.25, 0.3) is 5.91 Å². The number of nitrogens with one attached hydrogen (secondary N) is 2. The first-order valence-corrected chi connectivity index (χ1v) is 8.58. The molecule has 0 radical (unpaired) electrons. The minimum absolute atomic E-state index is 0.00448. The molecule has 0 spiro atoms. The fraction of sp³-hybridized carbons (Fsp3) is 0.200. The Morgan fingerprint density at radius 1 is 1.10 bits per heavy atom. The zero-order valence-electron chi connectivity index (χ0n) is 15.8. The van der Waals surface area contributed by atoms with E-state index in [2.05, 4.69) is 20.6 Å². The fourth-order valence-corrected chi connectivity index (χ4v) is 2.04. The van der Waals surface area contributed by atoms with Crippen LogP contribution in [-0.4, -0.2) is 37.7 Å². The van der Waals surface area contributed by atoms with Gasteiger partial charge in [-0.05, 0) is 48.9 Å². The summed E-state index contributed by atoms with van der Waals surface area (Å²) < 4.78 is 23.3. The van der Waals surface area contributed by atoms with E-state index in [0.29, 0.717) is 11.3 Å². The number of rotatable bonds is 8. The van der Waals surface area contributed by atoms with E-state index < -0.39 is 29.5 Å². The van der Waals surface area contributed by atoms with Crippen molar-refractivity contribution in [3.8, 4) is 5.75 Å². The highest BCUT2D eigenvalue weighted by Crippen LogP contribution is 2.14. The van der Waals surface area contributed by atoms with E-state index in [1.165, 1.54) is 38.4 Å². The number of nitrogens with zero attached hydrogens (tertiary/aromatic N) is 1. The maximum absolute atomic E-state index is 13.6. The highest BCUT2D eigenvalue weighted by molar-refractivity contribution is 6.06. The van der Waals surface area contributed by atoms with Gasteiger partial charge < -0.3 is 14.8 Å². The van der Waals surface area contributed by atoms with Crippen LogP contribution in [0.5, 0.6) is 5.75 Å². The average Bonchev–Trinajstić information content (AvgIpc) is 2.73. The van der Waals surface area contributed by atoms with Gasteiger partial charge in [-0.1, -0.05) is 12.1 Å². The number of methoxy groups -OCH3 is 1. The van der Waals surface area contributed by atoms with E-state index in [0.717, 1.165) is 0 Å². The van der Waals surface area contributed by atoms with Crippen LogP contribution in [-0.2, 0) is 19.1 Å². The molecule has 2 aromatic rings. The zero-order chi connectivity index (χ0) is 21.2. The van der Waals surface area contributed by atoms with Gasteiger partial charge in [0.2, 0.25) is 5.91 Å². The van der Waals surface area contributed by atoms with Crippen molar-refractivity contribution >= 4 is 29.7 Å². The Labute approximate surface area is 166 Å². The second-order valence-electron chi connectivity index (χ2n) is 5.86. The lowest BCUT2D eigenvalue weighted by Crippen LogP contribution is -2.34. The van der Waals surface area contributed by atoms with E-state index in [1.807, 2.05) is 0 Å². The second kappa shape index (κ2) is 10.5. The van der Waals surface area contributed by atoms with Crippen LogP contribution in [0.1, 0.15) is 12.5 Å². The van der Waals surface area contributed by atoms with Crippen LogP contribution in [0.15, 0.2) is 53.6 Å². The molecule has 2 rings (SSSR count). The molecule has 8 nitrogen and oxygen atoms in total. The fourth-order valence-electron chi connectivity index (χ4n) is 2.04. The molecule has 152 valence electrons. The molecule has 2 N–H and O–H groups in total. The molecule has 0 bridgehead atoms. The van der Waals surface area contributed by atoms with E-state index >= 15 is 0 Å². The largest absolute Gasteiger partial charge is 0.482 e. The van der Waals surface area contributed by atoms with Gasteiger partial charge >= 0.3 is 5.97 Å². The number of amides is 2. The molecule has 1 unspecified atom stereocenters. The molecule has 0 saturated carbocycles. The third-order valence-electron chi connectivity index (χ3n) is 3.77. The van der Waals surface area contributed by atoms with Crippen molar-refractivity contribution in [3.63, 3.8) is 0 Å². The molecule has 1 atom stereocenters.